The van der Waals surface area contributed by atoms with Gasteiger partial charge >= 0.3 is 0 Å². The van der Waals surface area contributed by atoms with Crippen molar-refractivity contribution >= 4 is 17.1 Å². The molecular weight excluding hydrogens is 405 g/mol. The van der Waals surface area contributed by atoms with Crippen LogP contribution in [0.3, 0.4) is 0 Å². The van der Waals surface area contributed by atoms with E-state index in [2.05, 4.69) is 34.0 Å². The largest absolute Gasteiger partial charge is 0.368 e. The summed E-state index contributed by atoms with van der Waals surface area (Å²) in [6, 6.07) is 1.40. The Bertz CT molecular complexity index is 1060. The Morgan fingerprint density at radius 3 is 2.56 bits per heavy atom. The van der Waals surface area contributed by atoms with E-state index in [0.717, 1.165) is 37.6 Å². The minimum atomic E-state index is -0.396. The van der Waals surface area contributed by atoms with Gasteiger partial charge in [-0.05, 0) is 51.1 Å². The van der Waals surface area contributed by atoms with Gasteiger partial charge in [-0.1, -0.05) is 19.9 Å². The molecule has 2 aliphatic rings. The molecule has 1 atom stereocenters. The summed E-state index contributed by atoms with van der Waals surface area (Å²) in [7, 11) is 2.12. The summed E-state index contributed by atoms with van der Waals surface area (Å²) in [5.41, 5.74) is 3.48. The van der Waals surface area contributed by atoms with Gasteiger partial charge in [-0.25, -0.2) is 9.37 Å². The lowest BCUT2D eigenvalue weighted by molar-refractivity contribution is -0.124. The van der Waals surface area contributed by atoms with Gasteiger partial charge in [0.05, 0.1) is 17.4 Å². The van der Waals surface area contributed by atoms with Crippen molar-refractivity contribution < 1.29 is 9.18 Å². The third-order valence-corrected chi connectivity index (χ3v) is 5.80. The number of halogens is 1. The van der Waals surface area contributed by atoms with E-state index in [9.17, 15) is 9.18 Å². The standard InChI is InChI=1S/C23H28FN5O.C2H6/c1-16(19-12-21(24)23-25-17(2)13-28(23)14-19)11-22(30)29-15-20(6-5-18(29)3)27-9-7-26(4)8-10-27;1-2/h5-6,11-15,18H,7-10H2,1-4H3;1-2H3/b16-11+;. The van der Waals surface area contributed by atoms with Crippen LogP contribution in [-0.2, 0) is 4.79 Å². The van der Waals surface area contributed by atoms with Gasteiger partial charge in [0.1, 0.15) is 0 Å². The number of rotatable bonds is 3. The number of likely N-dealkylation sites (N-methyl/N-ethyl adjacent to an activating group) is 1. The van der Waals surface area contributed by atoms with Gasteiger partial charge in [0.25, 0.3) is 5.91 Å². The van der Waals surface area contributed by atoms with E-state index < -0.39 is 5.82 Å². The van der Waals surface area contributed by atoms with Crippen LogP contribution in [-0.4, -0.2) is 69.3 Å². The van der Waals surface area contributed by atoms with Gasteiger partial charge in [-0.3, -0.25) is 4.79 Å². The number of amides is 1. The molecule has 0 aliphatic carbocycles. The molecular formula is C25H34FN5O. The minimum absolute atomic E-state index is 0.0340. The fraction of sp³-hybridized carbons (Fsp3) is 0.440. The molecule has 7 heteroatoms. The van der Waals surface area contributed by atoms with Crippen molar-refractivity contribution in [1.29, 1.82) is 0 Å². The van der Waals surface area contributed by atoms with Crippen molar-refractivity contribution in [1.82, 2.24) is 24.1 Å². The molecule has 4 rings (SSSR count). The van der Waals surface area contributed by atoms with Crippen molar-refractivity contribution in [3.8, 4) is 0 Å². The fourth-order valence-corrected chi connectivity index (χ4v) is 3.89. The number of imidazole rings is 1. The van der Waals surface area contributed by atoms with Gasteiger partial charge in [-0.2, -0.15) is 0 Å². The first-order valence-electron chi connectivity index (χ1n) is 11.3. The first-order chi connectivity index (χ1) is 15.3. The summed E-state index contributed by atoms with van der Waals surface area (Å²) >= 11 is 0. The first kappa shape index (κ1) is 23.7. The van der Waals surface area contributed by atoms with Crippen LogP contribution in [0, 0.1) is 12.7 Å². The monoisotopic (exact) mass is 439 g/mol. The van der Waals surface area contributed by atoms with Gasteiger partial charge in [0, 0.05) is 50.8 Å². The molecule has 1 saturated heterocycles. The minimum Gasteiger partial charge on any atom is -0.368 e. The Labute approximate surface area is 190 Å². The number of nitrogens with zero attached hydrogens (tertiary/aromatic N) is 5. The van der Waals surface area contributed by atoms with Crippen LogP contribution in [0.1, 0.15) is 39.0 Å². The van der Waals surface area contributed by atoms with E-state index in [1.165, 1.54) is 6.07 Å². The third-order valence-electron chi connectivity index (χ3n) is 5.80. The molecule has 2 aromatic heterocycles. The van der Waals surface area contributed by atoms with Gasteiger partial charge in [0.2, 0.25) is 0 Å². The summed E-state index contributed by atoms with van der Waals surface area (Å²) in [4.78, 5) is 23.6. The Morgan fingerprint density at radius 2 is 1.88 bits per heavy atom. The lowest BCUT2D eigenvalue weighted by atomic mass is 10.1. The molecule has 32 heavy (non-hydrogen) atoms. The van der Waals surface area contributed by atoms with Gasteiger partial charge in [0.15, 0.2) is 11.5 Å². The zero-order valence-electron chi connectivity index (χ0n) is 20.0. The molecule has 1 amide bonds. The highest BCUT2D eigenvalue weighted by molar-refractivity contribution is 5.96. The number of carbonyl (C=O) groups is 1. The number of hydrogen-bond donors (Lipinski definition) is 0. The van der Waals surface area contributed by atoms with Gasteiger partial charge in [-0.15, -0.1) is 0 Å². The average molecular weight is 440 g/mol. The summed E-state index contributed by atoms with van der Waals surface area (Å²) in [5.74, 6) is -0.509. The van der Waals surface area contributed by atoms with Crippen molar-refractivity contribution in [3.63, 3.8) is 0 Å². The number of hydrogen-bond acceptors (Lipinski definition) is 4. The summed E-state index contributed by atoms with van der Waals surface area (Å²) < 4.78 is 16.1. The van der Waals surface area contributed by atoms with Crippen LogP contribution in [0.25, 0.3) is 11.2 Å². The Balaban J connectivity index is 0.00000141. The van der Waals surface area contributed by atoms with Crippen LogP contribution in [0.4, 0.5) is 4.39 Å². The topological polar surface area (TPSA) is 44.1 Å². The maximum absolute atomic E-state index is 14.4. The molecule has 0 spiro atoms. The molecule has 0 N–H and O–H groups in total. The highest BCUT2D eigenvalue weighted by Gasteiger charge is 2.23. The quantitative estimate of drug-likeness (QED) is 0.676. The molecule has 2 aromatic rings. The predicted octanol–water partition coefficient (Wildman–Crippen LogP) is 4.09. The molecule has 4 heterocycles. The Morgan fingerprint density at radius 1 is 1.19 bits per heavy atom. The maximum atomic E-state index is 14.4. The second-order valence-electron chi connectivity index (χ2n) is 8.21. The fourth-order valence-electron chi connectivity index (χ4n) is 3.89. The van der Waals surface area contributed by atoms with E-state index in [1.807, 2.05) is 47.0 Å². The number of aromatic nitrogens is 2. The van der Waals surface area contributed by atoms with E-state index in [1.54, 1.807) is 21.6 Å². The van der Waals surface area contributed by atoms with E-state index in [0.29, 0.717) is 16.8 Å². The molecule has 2 aliphatic heterocycles. The van der Waals surface area contributed by atoms with Gasteiger partial charge < -0.3 is 19.1 Å². The SMILES string of the molecule is C/C(=C\C(=O)N1C=C(N2CCN(C)CC2)C=CC1C)c1cc(F)c2nc(C)cn2c1.CC. The molecule has 0 saturated carbocycles. The Kier molecular flexibility index (Phi) is 7.51. The number of piperazine rings is 1. The van der Waals surface area contributed by atoms with E-state index >= 15 is 0 Å². The predicted molar refractivity (Wildman–Crippen MR) is 127 cm³/mol. The molecule has 0 bridgehead atoms. The highest BCUT2D eigenvalue weighted by Crippen LogP contribution is 2.22. The van der Waals surface area contributed by atoms with Crippen molar-refractivity contribution in [3.05, 3.63) is 65.7 Å². The van der Waals surface area contributed by atoms with Crippen molar-refractivity contribution in [2.75, 3.05) is 33.2 Å². The lowest BCUT2D eigenvalue weighted by Crippen LogP contribution is -2.45. The second kappa shape index (κ2) is 10.1. The summed E-state index contributed by atoms with van der Waals surface area (Å²) in [6.07, 6.45) is 11.3. The average Bonchev–Trinajstić information content (AvgIpc) is 3.17. The lowest BCUT2D eigenvalue weighted by Gasteiger charge is -2.37. The number of carbonyl (C=O) groups excluding carboxylic acids is 1. The number of allylic oxidation sites excluding steroid dienone is 2. The maximum Gasteiger partial charge on any atom is 0.251 e. The summed E-state index contributed by atoms with van der Waals surface area (Å²) in [5, 5.41) is 0. The van der Waals surface area contributed by atoms with Crippen LogP contribution in [0.15, 0.2) is 48.6 Å². The second-order valence-corrected chi connectivity index (χ2v) is 8.21. The van der Waals surface area contributed by atoms with Crippen molar-refractivity contribution in [2.45, 2.75) is 40.7 Å². The molecule has 0 radical (unpaired) electrons. The third kappa shape index (κ3) is 5.10. The summed E-state index contributed by atoms with van der Waals surface area (Å²) in [6.45, 7) is 13.6. The molecule has 6 nitrogen and oxygen atoms in total. The van der Waals surface area contributed by atoms with Crippen LogP contribution in [0.2, 0.25) is 0 Å². The zero-order valence-corrected chi connectivity index (χ0v) is 20.0. The smallest absolute Gasteiger partial charge is 0.251 e. The highest BCUT2D eigenvalue weighted by atomic mass is 19.1. The van der Waals surface area contributed by atoms with E-state index in [4.69, 9.17) is 0 Å². The van der Waals surface area contributed by atoms with Crippen molar-refractivity contribution in [2.24, 2.45) is 0 Å². The molecule has 1 unspecified atom stereocenters. The zero-order chi connectivity index (χ0) is 23.4. The van der Waals surface area contributed by atoms with E-state index in [-0.39, 0.29) is 11.9 Å². The number of fused-ring (bicyclic) bond motifs is 1. The molecule has 172 valence electrons. The number of pyridine rings is 1. The van der Waals surface area contributed by atoms with Crippen LogP contribution >= 0.6 is 0 Å². The van der Waals surface area contributed by atoms with Crippen LogP contribution < -0.4 is 0 Å². The molecule has 0 aromatic carbocycles. The van der Waals surface area contributed by atoms with Crippen LogP contribution in [0.5, 0.6) is 0 Å². The Hall–Kier alpha value is -2.93. The normalized spacial score (nSPS) is 19.7. The first-order valence-corrected chi connectivity index (χ1v) is 11.3. The number of aryl methyl sites for hydroxylation is 1. The molecule has 1 fully saturated rings.